The average Bonchev–Trinajstić information content (AvgIpc) is 3.23. The van der Waals surface area contributed by atoms with E-state index in [4.69, 9.17) is 22.9 Å². The average molecular weight is 900 g/mol. The molecule has 0 saturated carbocycles. The Morgan fingerprint density at radius 3 is 1.21 bits per heavy atom. The van der Waals surface area contributed by atoms with E-state index in [1.54, 1.807) is 6.92 Å². The van der Waals surface area contributed by atoms with Crippen LogP contribution in [-0.4, -0.2) is 146 Å². The second-order valence-corrected chi connectivity index (χ2v) is 15.2. The Morgan fingerprint density at radius 1 is 0.429 bits per heavy atom. The smallest absolute Gasteiger partial charge is 0.245 e. The number of aliphatic hydroxyl groups is 1. The summed E-state index contributed by atoms with van der Waals surface area (Å²) in [4.78, 5) is 117. The van der Waals surface area contributed by atoms with Crippen molar-refractivity contribution < 1.29 is 48.3 Å². The number of carbonyl (C=O) groups is 9. The van der Waals surface area contributed by atoms with Crippen LogP contribution < -0.4 is 70.8 Å². The lowest BCUT2D eigenvalue weighted by molar-refractivity contribution is -0.135. The number of carbonyl (C=O) groups excluding carboxylic acids is 9. The van der Waals surface area contributed by atoms with Gasteiger partial charge in [-0.2, -0.15) is 0 Å². The van der Waals surface area contributed by atoms with Crippen LogP contribution in [-0.2, 0) is 43.2 Å². The molecule has 0 saturated heterocycles. The molecule has 0 aliphatic carbocycles. The molecule has 0 aromatic carbocycles. The van der Waals surface area contributed by atoms with Gasteiger partial charge in [-0.05, 0) is 78.6 Å². The summed E-state index contributed by atoms with van der Waals surface area (Å²) in [6, 6.07) is -7.12. The number of hydrogen-bond acceptors (Lipinski definition) is 14. The van der Waals surface area contributed by atoms with E-state index >= 15 is 0 Å². The number of hydrogen-bond donors (Lipinski definition) is 14. The summed E-state index contributed by atoms with van der Waals surface area (Å²) in [7, 11) is 0. The molecule has 0 rings (SSSR count). The number of likely N-dealkylation sites (N-methyl/N-ethyl adjacent to an activating group) is 1. The molecular formula is C40H77N13O10. The highest BCUT2D eigenvalue weighted by Gasteiger charge is 2.32. The molecule has 0 aliphatic heterocycles. The van der Waals surface area contributed by atoms with Crippen LogP contribution in [0.4, 0.5) is 0 Å². The Balaban J connectivity index is 5.83. The number of nitrogens with two attached hydrogens (primary N) is 4. The number of amides is 9. The van der Waals surface area contributed by atoms with E-state index in [0.29, 0.717) is 12.8 Å². The first-order valence-electron chi connectivity index (χ1n) is 22.1. The van der Waals surface area contributed by atoms with Crippen LogP contribution in [0.2, 0.25) is 0 Å². The fourth-order valence-electron chi connectivity index (χ4n) is 6.19. The highest BCUT2D eigenvalue weighted by molar-refractivity contribution is 5.97. The molecule has 0 aromatic rings. The molecule has 0 heterocycles. The highest BCUT2D eigenvalue weighted by atomic mass is 16.3. The summed E-state index contributed by atoms with van der Waals surface area (Å²) in [6.07, 6.45) is 4.95. The minimum absolute atomic E-state index is 0.0207. The molecule has 0 radical (unpaired) electrons. The third-order valence-electron chi connectivity index (χ3n) is 9.63. The van der Waals surface area contributed by atoms with Crippen LogP contribution in [0.15, 0.2) is 0 Å². The summed E-state index contributed by atoms with van der Waals surface area (Å²) in [5, 5.41) is 32.7. The van der Waals surface area contributed by atoms with Crippen molar-refractivity contribution in [1.82, 2.24) is 47.9 Å². The minimum Gasteiger partial charge on any atom is -0.391 e. The third kappa shape index (κ3) is 25.1. The second-order valence-electron chi connectivity index (χ2n) is 15.2. The van der Waals surface area contributed by atoms with Crippen LogP contribution in [0.3, 0.4) is 0 Å². The summed E-state index contributed by atoms with van der Waals surface area (Å²) in [6.45, 7) is 5.99. The Morgan fingerprint density at radius 2 is 0.810 bits per heavy atom. The zero-order chi connectivity index (χ0) is 47.7. The van der Waals surface area contributed by atoms with Gasteiger partial charge < -0.3 is 75.9 Å². The molecule has 0 bridgehead atoms. The van der Waals surface area contributed by atoms with Crippen LogP contribution in [0.1, 0.15) is 111 Å². The first-order chi connectivity index (χ1) is 30.0. The monoisotopic (exact) mass is 900 g/mol. The van der Waals surface area contributed by atoms with Crippen molar-refractivity contribution in [2.24, 2.45) is 22.9 Å². The van der Waals surface area contributed by atoms with Crippen LogP contribution in [0, 0.1) is 0 Å². The number of aliphatic hydroxyl groups excluding tert-OH is 1. The van der Waals surface area contributed by atoms with Gasteiger partial charge >= 0.3 is 0 Å². The largest absolute Gasteiger partial charge is 0.391 e. The van der Waals surface area contributed by atoms with Gasteiger partial charge in [0.15, 0.2) is 0 Å². The van der Waals surface area contributed by atoms with Crippen molar-refractivity contribution in [1.29, 1.82) is 0 Å². The Labute approximate surface area is 371 Å². The second kappa shape index (κ2) is 34.5. The van der Waals surface area contributed by atoms with Gasteiger partial charge in [0.2, 0.25) is 53.2 Å². The summed E-state index contributed by atoms with van der Waals surface area (Å²) in [5.74, 6) is -6.16. The Hall–Kier alpha value is -4.97. The maximum absolute atomic E-state index is 13.7. The standard InChI is InChI=1S/C40H77N13O10/c1-5-8-9-10-11-12-14-26(37(60)51-29(17-21-43)38(61)52-30(18-22-44)39(62)53-34(25(4)54)40(63)45-7-3)49-32(56)23-47-36(59)28(16-20-42)50-33(57)24-46-35(58)27(15-19-41)48-31(55)13-6-2/h25-30,34,54H,5-24,41-44H2,1-4H3,(H,45,63)(H,46,58)(H,47,59)(H,48,55)(H,49,56)(H,50,57)(H,51,60)(H,52,61)(H,53,62). The lowest BCUT2D eigenvalue weighted by atomic mass is 10.0. The predicted molar refractivity (Wildman–Crippen MR) is 236 cm³/mol. The Bertz CT molecular complexity index is 1440. The normalized spacial score (nSPS) is 14.2. The van der Waals surface area contributed by atoms with Crippen LogP contribution in [0.25, 0.3) is 0 Å². The fourth-order valence-corrected chi connectivity index (χ4v) is 6.19. The van der Waals surface area contributed by atoms with Crippen molar-refractivity contribution >= 4 is 53.2 Å². The molecule has 0 aliphatic rings. The molecule has 18 N–H and O–H groups in total. The van der Waals surface area contributed by atoms with Crippen LogP contribution in [0.5, 0.6) is 0 Å². The van der Waals surface area contributed by atoms with Crippen molar-refractivity contribution in [3.05, 3.63) is 0 Å². The van der Waals surface area contributed by atoms with Gasteiger partial charge in [-0.15, -0.1) is 0 Å². The quantitative estimate of drug-likeness (QED) is 0.0267. The van der Waals surface area contributed by atoms with Crippen molar-refractivity contribution in [3.8, 4) is 0 Å². The molecule has 9 amide bonds. The molecule has 362 valence electrons. The number of nitrogens with one attached hydrogen (secondary N) is 9. The van der Waals surface area contributed by atoms with E-state index in [1.165, 1.54) is 6.92 Å². The summed E-state index contributed by atoms with van der Waals surface area (Å²) >= 11 is 0. The molecule has 0 fully saturated rings. The molecule has 7 unspecified atom stereocenters. The molecule has 23 heteroatoms. The van der Waals surface area contributed by atoms with Crippen molar-refractivity contribution in [2.75, 3.05) is 45.8 Å². The van der Waals surface area contributed by atoms with E-state index in [2.05, 4.69) is 54.8 Å². The van der Waals surface area contributed by atoms with E-state index in [9.17, 15) is 48.3 Å². The first-order valence-corrected chi connectivity index (χ1v) is 22.1. The summed E-state index contributed by atoms with van der Waals surface area (Å²) in [5.41, 5.74) is 22.8. The molecule has 0 spiro atoms. The van der Waals surface area contributed by atoms with E-state index in [-0.39, 0.29) is 77.2 Å². The van der Waals surface area contributed by atoms with Gasteiger partial charge in [0, 0.05) is 13.0 Å². The zero-order valence-corrected chi connectivity index (χ0v) is 37.6. The van der Waals surface area contributed by atoms with Gasteiger partial charge in [0.25, 0.3) is 0 Å². The fraction of sp³-hybridized carbons (Fsp3) is 0.775. The first kappa shape index (κ1) is 58.0. The van der Waals surface area contributed by atoms with Gasteiger partial charge in [-0.1, -0.05) is 52.4 Å². The topological polar surface area (TPSA) is 386 Å². The molecule has 23 nitrogen and oxygen atoms in total. The van der Waals surface area contributed by atoms with E-state index < -0.39 is 103 Å². The lowest BCUT2D eigenvalue weighted by Crippen LogP contribution is -2.60. The zero-order valence-electron chi connectivity index (χ0n) is 37.6. The maximum Gasteiger partial charge on any atom is 0.245 e. The number of unbranched alkanes of at least 4 members (excludes halogenated alkanes) is 5. The van der Waals surface area contributed by atoms with Gasteiger partial charge in [0.1, 0.15) is 36.3 Å². The highest BCUT2D eigenvalue weighted by Crippen LogP contribution is 2.10. The van der Waals surface area contributed by atoms with E-state index in [0.717, 1.165) is 32.1 Å². The maximum atomic E-state index is 13.7. The van der Waals surface area contributed by atoms with Crippen molar-refractivity contribution in [2.45, 2.75) is 154 Å². The van der Waals surface area contributed by atoms with Gasteiger partial charge in [-0.3, -0.25) is 43.2 Å². The van der Waals surface area contributed by atoms with Crippen molar-refractivity contribution in [3.63, 3.8) is 0 Å². The van der Waals surface area contributed by atoms with E-state index in [1.807, 2.05) is 6.92 Å². The molecular weight excluding hydrogens is 823 g/mol. The Kier molecular flexibility index (Phi) is 31.8. The van der Waals surface area contributed by atoms with Crippen LogP contribution >= 0.6 is 0 Å². The molecule has 0 aromatic heterocycles. The van der Waals surface area contributed by atoms with Gasteiger partial charge in [0.05, 0.1) is 19.2 Å². The third-order valence-corrected chi connectivity index (χ3v) is 9.63. The van der Waals surface area contributed by atoms with Gasteiger partial charge in [-0.25, -0.2) is 0 Å². The lowest BCUT2D eigenvalue weighted by Gasteiger charge is -2.27. The molecule has 7 atom stereocenters. The SMILES string of the molecule is CCCCCCCCC(NC(=O)CNC(=O)C(CCN)NC(=O)CNC(=O)C(CCN)NC(=O)CCC)C(=O)NC(CCN)C(=O)NC(CCN)C(=O)NC(C(=O)NCC)C(C)O. The minimum atomic E-state index is -1.32. The number of rotatable bonds is 35. The predicted octanol–water partition coefficient (Wildman–Crippen LogP) is -4.41. The molecule has 63 heavy (non-hydrogen) atoms. The summed E-state index contributed by atoms with van der Waals surface area (Å²) < 4.78 is 0.